The third-order valence-electron chi connectivity index (χ3n) is 9.26. The average Bonchev–Trinajstić information content (AvgIpc) is 3.27. The number of allylic oxidation sites excluding steroid dienone is 2. The molecule has 1 aliphatic heterocycles. The number of nitrogens with two attached hydrogens (primary N) is 1. The van der Waals surface area contributed by atoms with Gasteiger partial charge < -0.3 is 15.0 Å². The fourth-order valence-corrected chi connectivity index (χ4v) is 7.54. The first-order valence-corrected chi connectivity index (χ1v) is 12.8. The first-order chi connectivity index (χ1) is 15.4. The Morgan fingerprint density at radius 2 is 2.09 bits per heavy atom. The van der Waals surface area contributed by atoms with Gasteiger partial charge in [0.15, 0.2) is 0 Å². The molecular formula is C28H37N2O2+. The largest absolute Gasteiger partial charge is 0.462 e. The van der Waals surface area contributed by atoms with Crippen molar-refractivity contribution in [2.45, 2.75) is 84.3 Å². The molecule has 6 rings (SSSR count). The van der Waals surface area contributed by atoms with Crippen molar-refractivity contribution in [3.05, 3.63) is 46.2 Å². The summed E-state index contributed by atoms with van der Waals surface area (Å²) in [6.07, 6.45) is 9.55. The molecule has 2 heterocycles. The quantitative estimate of drug-likeness (QED) is 0.536. The lowest BCUT2D eigenvalue weighted by Gasteiger charge is -2.45. The number of carbonyl (C=O) groups is 1. The van der Waals surface area contributed by atoms with E-state index in [9.17, 15) is 4.79 Å². The first kappa shape index (κ1) is 20.5. The zero-order valence-electron chi connectivity index (χ0n) is 19.8. The predicted octanol–water partition coefficient (Wildman–Crippen LogP) is 4.88. The summed E-state index contributed by atoms with van der Waals surface area (Å²) in [6, 6.07) is 7.16. The minimum absolute atomic E-state index is 0.0313. The second-order valence-corrected chi connectivity index (χ2v) is 11.4. The van der Waals surface area contributed by atoms with Gasteiger partial charge in [-0.2, -0.15) is 0 Å². The van der Waals surface area contributed by atoms with Gasteiger partial charge in [0, 0.05) is 23.2 Å². The molecule has 2 fully saturated rings. The summed E-state index contributed by atoms with van der Waals surface area (Å²) in [6.45, 7) is 7.76. The summed E-state index contributed by atoms with van der Waals surface area (Å²) in [5.74, 6) is 0.451. The second-order valence-electron chi connectivity index (χ2n) is 11.4. The van der Waals surface area contributed by atoms with E-state index < -0.39 is 0 Å². The van der Waals surface area contributed by atoms with Gasteiger partial charge in [0.25, 0.3) is 0 Å². The van der Waals surface area contributed by atoms with Crippen LogP contribution in [-0.2, 0) is 16.0 Å². The highest BCUT2D eigenvalue weighted by Gasteiger charge is 2.53. The van der Waals surface area contributed by atoms with Crippen molar-refractivity contribution >= 4 is 16.9 Å². The average molecular weight is 434 g/mol. The summed E-state index contributed by atoms with van der Waals surface area (Å²) in [7, 11) is 0. The van der Waals surface area contributed by atoms with Crippen molar-refractivity contribution in [3.8, 4) is 0 Å². The van der Waals surface area contributed by atoms with Gasteiger partial charge in [-0.05, 0) is 81.9 Å². The highest BCUT2D eigenvalue weighted by Crippen LogP contribution is 2.54. The monoisotopic (exact) mass is 433 g/mol. The summed E-state index contributed by atoms with van der Waals surface area (Å²) < 4.78 is 6.01. The number of quaternary nitrogens is 1. The fraction of sp³-hybridized carbons (Fsp3) is 0.607. The number of rotatable bonds is 3. The lowest BCUT2D eigenvalue weighted by atomic mass is 9.59. The molecule has 1 saturated carbocycles. The van der Waals surface area contributed by atoms with E-state index in [0.717, 1.165) is 25.8 Å². The molecule has 0 unspecified atom stereocenters. The summed E-state index contributed by atoms with van der Waals surface area (Å²) in [4.78, 5) is 16.7. The van der Waals surface area contributed by atoms with Crippen LogP contribution >= 0.6 is 0 Å². The van der Waals surface area contributed by atoms with Crippen LogP contribution in [-0.4, -0.2) is 23.6 Å². The second kappa shape index (κ2) is 7.48. The summed E-state index contributed by atoms with van der Waals surface area (Å²) in [5, 5.41) is 3.84. The molecule has 0 amide bonds. The van der Waals surface area contributed by atoms with Crippen LogP contribution in [0, 0.1) is 24.2 Å². The molecule has 0 radical (unpaired) electrons. The van der Waals surface area contributed by atoms with Gasteiger partial charge in [-0.15, -0.1) is 0 Å². The number of aryl methyl sites for hydroxylation is 2. The van der Waals surface area contributed by atoms with Gasteiger partial charge in [-0.25, -0.2) is 0 Å². The Kier molecular flexibility index (Phi) is 4.80. The molecule has 1 aromatic heterocycles. The van der Waals surface area contributed by atoms with E-state index in [2.05, 4.69) is 49.3 Å². The number of ether oxygens (including phenoxy) is 1. The van der Waals surface area contributed by atoms with Gasteiger partial charge in [0.05, 0.1) is 12.2 Å². The molecule has 4 heteroatoms. The molecule has 1 aromatic carbocycles. The van der Waals surface area contributed by atoms with Crippen LogP contribution in [0.15, 0.2) is 29.3 Å². The Balaban J connectivity index is 1.22. The Bertz CT molecular complexity index is 1110. The maximum atomic E-state index is 13.0. The molecule has 5 atom stereocenters. The summed E-state index contributed by atoms with van der Waals surface area (Å²) >= 11 is 0. The van der Waals surface area contributed by atoms with Crippen LogP contribution in [0.2, 0.25) is 0 Å². The number of nitrogens with one attached hydrogen (secondary N) is 1. The maximum absolute atomic E-state index is 13.0. The third-order valence-corrected chi connectivity index (χ3v) is 9.26. The first-order valence-electron chi connectivity index (χ1n) is 12.8. The number of hydrogen-bond donors (Lipinski definition) is 2. The molecule has 3 N–H and O–H groups in total. The van der Waals surface area contributed by atoms with Gasteiger partial charge in [-0.1, -0.05) is 29.7 Å². The number of benzene rings is 1. The Morgan fingerprint density at radius 3 is 2.97 bits per heavy atom. The van der Waals surface area contributed by atoms with E-state index in [1.807, 2.05) is 0 Å². The molecule has 1 saturated heterocycles. The molecule has 0 spiro atoms. The SMILES string of the molecule is CC1=C2C[C@H]3[C@@H](C[C@@]2(C)CCC1)OC(=O)[C@@H]3C[NH2+][C@@H]1CCCc2c1[nH]c1ccc(C)cc21. The zero-order chi connectivity index (χ0) is 22.0. The number of aromatic nitrogens is 1. The number of esters is 1. The molecular weight excluding hydrogens is 396 g/mol. The maximum Gasteiger partial charge on any atom is 0.315 e. The van der Waals surface area contributed by atoms with Crippen molar-refractivity contribution in [3.63, 3.8) is 0 Å². The smallest absolute Gasteiger partial charge is 0.315 e. The van der Waals surface area contributed by atoms with Crippen LogP contribution < -0.4 is 5.32 Å². The van der Waals surface area contributed by atoms with E-state index >= 15 is 0 Å². The highest BCUT2D eigenvalue weighted by atomic mass is 16.6. The van der Waals surface area contributed by atoms with Crippen LogP contribution in [0.4, 0.5) is 0 Å². The number of H-pyrrole nitrogens is 1. The van der Waals surface area contributed by atoms with E-state index in [1.54, 1.807) is 11.1 Å². The Labute approximate surface area is 191 Å². The third kappa shape index (κ3) is 3.17. The van der Waals surface area contributed by atoms with Crippen LogP contribution in [0.5, 0.6) is 0 Å². The molecule has 170 valence electrons. The molecule has 0 bridgehead atoms. The number of fused-ring (bicyclic) bond motifs is 5. The zero-order valence-corrected chi connectivity index (χ0v) is 19.8. The number of carbonyl (C=O) groups excluding carboxylic acids is 1. The normalized spacial score (nSPS) is 34.3. The molecule has 4 nitrogen and oxygen atoms in total. The van der Waals surface area contributed by atoms with Crippen molar-refractivity contribution in [2.75, 3.05) is 6.54 Å². The van der Waals surface area contributed by atoms with Crippen molar-refractivity contribution in [2.24, 2.45) is 17.3 Å². The Morgan fingerprint density at radius 1 is 1.22 bits per heavy atom. The topological polar surface area (TPSA) is 58.7 Å². The molecule has 4 aliphatic rings. The minimum atomic E-state index is 0.0313. The standard InChI is InChI=1S/C28H36N2O2/c1-16-9-10-23-19(12-16)18-7-4-8-24(26(18)30-23)29-15-21-20-13-22-17(2)6-5-11-28(22,3)14-25(20)32-27(21)31/h9-10,12,20-21,24-25,29-30H,4-8,11,13-15H2,1-3H3/p+1/t20-,21-,24-,25-,28-/m1/s1. The lowest BCUT2D eigenvalue weighted by Crippen LogP contribution is -2.87. The van der Waals surface area contributed by atoms with E-state index in [4.69, 9.17) is 4.74 Å². The van der Waals surface area contributed by atoms with Crippen LogP contribution in [0.1, 0.15) is 81.7 Å². The number of aromatic amines is 1. The molecule has 32 heavy (non-hydrogen) atoms. The Hall–Kier alpha value is -2.07. The summed E-state index contributed by atoms with van der Waals surface area (Å²) in [5.41, 5.74) is 8.96. The van der Waals surface area contributed by atoms with Crippen LogP contribution in [0.25, 0.3) is 10.9 Å². The van der Waals surface area contributed by atoms with Gasteiger partial charge in [-0.3, -0.25) is 4.79 Å². The molecule has 3 aliphatic carbocycles. The van der Waals surface area contributed by atoms with Crippen molar-refractivity contribution in [1.82, 2.24) is 4.98 Å². The van der Waals surface area contributed by atoms with E-state index in [0.29, 0.717) is 12.0 Å². The van der Waals surface area contributed by atoms with Crippen LogP contribution in [0.3, 0.4) is 0 Å². The lowest BCUT2D eigenvalue weighted by molar-refractivity contribution is -0.701. The molecule has 2 aromatic rings. The van der Waals surface area contributed by atoms with Crippen molar-refractivity contribution < 1.29 is 14.8 Å². The van der Waals surface area contributed by atoms with Gasteiger partial charge >= 0.3 is 5.97 Å². The number of hydrogen-bond acceptors (Lipinski definition) is 2. The van der Waals surface area contributed by atoms with Crippen molar-refractivity contribution in [1.29, 1.82) is 0 Å². The predicted molar refractivity (Wildman–Crippen MR) is 126 cm³/mol. The van der Waals surface area contributed by atoms with Gasteiger partial charge in [0.1, 0.15) is 18.1 Å². The highest BCUT2D eigenvalue weighted by molar-refractivity contribution is 5.85. The fourth-order valence-electron chi connectivity index (χ4n) is 7.54. The van der Waals surface area contributed by atoms with E-state index in [-0.39, 0.29) is 23.4 Å². The van der Waals surface area contributed by atoms with E-state index in [1.165, 1.54) is 59.8 Å². The minimum Gasteiger partial charge on any atom is -0.462 e. The van der Waals surface area contributed by atoms with Gasteiger partial charge in [0.2, 0.25) is 0 Å².